The molecular formula is C9H12BrClFNO2S. The number of carbonyl (C=O) groups excluding carboxylic acids is 1. The second-order valence-electron chi connectivity index (χ2n) is 2.85. The molecule has 0 fully saturated rings. The van der Waals surface area contributed by atoms with Gasteiger partial charge in [0, 0.05) is 14.7 Å². The Morgan fingerprint density at radius 3 is 2.81 bits per heavy atom. The van der Waals surface area contributed by atoms with Crippen LogP contribution in [0.3, 0.4) is 0 Å². The van der Waals surface area contributed by atoms with Gasteiger partial charge in [0.2, 0.25) is 6.17 Å². The lowest BCUT2D eigenvalue weighted by Crippen LogP contribution is -2.30. The predicted octanol–water partition coefficient (Wildman–Crippen LogP) is 2.83. The van der Waals surface area contributed by atoms with Crippen molar-refractivity contribution in [1.29, 1.82) is 0 Å². The van der Waals surface area contributed by atoms with Crippen LogP contribution < -0.4 is 5.73 Å². The number of hydrogen-bond donors (Lipinski definition) is 1. The van der Waals surface area contributed by atoms with Gasteiger partial charge in [-0.3, -0.25) is 0 Å². The van der Waals surface area contributed by atoms with E-state index in [0.717, 1.165) is 4.47 Å². The molecule has 0 aliphatic carbocycles. The summed E-state index contributed by atoms with van der Waals surface area (Å²) in [5.74, 6) is -0.908. The van der Waals surface area contributed by atoms with Gasteiger partial charge in [0.1, 0.15) is 0 Å². The Kier molecular flexibility index (Phi) is 7.14. The minimum absolute atomic E-state index is 0. The van der Waals surface area contributed by atoms with Crippen LogP contribution in [0.1, 0.15) is 17.8 Å². The van der Waals surface area contributed by atoms with Gasteiger partial charge in [0.05, 0.1) is 12.6 Å². The van der Waals surface area contributed by atoms with Gasteiger partial charge < -0.3 is 10.5 Å². The van der Waals surface area contributed by atoms with E-state index in [4.69, 9.17) is 5.73 Å². The van der Waals surface area contributed by atoms with Crippen LogP contribution in [-0.2, 0) is 9.53 Å². The Hall–Kier alpha value is -0.170. The van der Waals surface area contributed by atoms with Crippen molar-refractivity contribution in [2.45, 2.75) is 19.1 Å². The van der Waals surface area contributed by atoms with E-state index in [0.29, 0.717) is 4.88 Å². The van der Waals surface area contributed by atoms with Crippen LogP contribution in [0.25, 0.3) is 0 Å². The summed E-state index contributed by atoms with van der Waals surface area (Å²) in [4.78, 5) is 11.7. The number of nitrogens with two attached hydrogens (primary N) is 1. The summed E-state index contributed by atoms with van der Waals surface area (Å²) in [7, 11) is 0. The van der Waals surface area contributed by atoms with E-state index < -0.39 is 18.2 Å². The molecule has 1 aromatic rings. The highest BCUT2D eigenvalue weighted by Crippen LogP contribution is 2.27. The predicted molar refractivity (Wildman–Crippen MR) is 67.7 cm³/mol. The Morgan fingerprint density at radius 2 is 2.38 bits per heavy atom. The molecule has 1 heterocycles. The summed E-state index contributed by atoms with van der Waals surface area (Å²) in [5, 5.41) is 1.78. The van der Waals surface area contributed by atoms with Crippen molar-refractivity contribution in [3.05, 3.63) is 20.8 Å². The third-order valence-electron chi connectivity index (χ3n) is 1.74. The summed E-state index contributed by atoms with van der Waals surface area (Å²) >= 11 is 4.54. The fourth-order valence-corrected chi connectivity index (χ4v) is 2.48. The first-order valence-electron chi connectivity index (χ1n) is 4.36. The molecule has 0 aliphatic heterocycles. The lowest BCUT2D eigenvalue weighted by molar-refractivity contribution is -0.149. The van der Waals surface area contributed by atoms with E-state index >= 15 is 0 Å². The van der Waals surface area contributed by atoms with Crippen LogP contribution in [0.2, 0.25) is 0 Å². The number of carbonyl (C=O) groups is 1. The van der Waals surface area contributed by atoms with Crippen LogP contribution in [0, 0.1) is 0 Å². The van der Waals surface area contributed by atoms with Gasteiger partial charge in [0.25, 0.3) is 0 Å². The van der Waals surface area contributed by atoms with Crippen LogP contribution >= 0.6 is 39.7 Å². The molecule has 3 nitrogen and oxygen atoms in total. The number of halogens is 3. The Labute approximate surface area is 112 Å². The standard InChI is InChI=1S/C9H11BrFNO2S.ClH/c1-2-14-9(13)7(11)8(12)6-3-5(10)4-15-6;/h3-4,7-8H,2,12H2,1H3;1H/t7?,8-;/m1./s1. The van der Waals surface area contributed by atoms with Gasteiger partial charge in [-0.15, -0.1) is 23.7 Å². The molecule has 92 valence electrons. The number of alkyl halides is 1. The second-order valence-corrected chi connectivity index (χ2v) is 4.71. The summed E-state index contributed by atoms with van der Waals surface area (Å²) in [5.41, 5.74) is 5.60. The lowest BCUT2D eigenvalue weighted by Gasteiger charge is -2.13. The topological polar surface area (TPSA) is 52.3 Å². The maximum atomic E-state index is 13.5. The van der Waals surface area contributed by atoms with Gasteiger partial charge >= 0.3 is 5.97 Å². The highest BCUT2D eigenvalue weighted by molar-refractivity contribution is 9.10. The van der Waals surface area contributed by atoms with E-state index in [9.17, 15) is 9.18 Å². The smallest absolute Gasteiger partial charge is 0.342 e. The van der Waals surface area contributed by atoms with E-state index in [1.807, 2.05) is 0 Å². The Bertz CT molecular complexity index is 350. The van der Waals surface area contributed by atoms with Crippen molar-refractivity contribution in [2.24, 2.45) is 5.73 Å². The molecule has 0 radical (unpaired) electrons. The zero-order chi connectivity index (χ0) is 11.4. The molecule has 1 rings (SSSR count). The van der Waals surface area contributed by atoms with Crippen molar-refractivity contribution in [2.75, 3.05) is 6.61 Å². The van der Waals surface area contributed by atoms with E-state index in [1.54, 1.807) is 18.4 Å². The fourth-order valence-electron chi connectivity index (χ4n) is 1.02. The van der Waals surface area contributed by atoms with E-state index in [2.05, 4.69) is 20.7 Å². The largest absolute Gasteiger partial charge is 0.464 e. The molecule has 0 aromatic carbocycles. The molecule has 7 heteroatoms. The molecule has 0 saturated carbocycles. The summed E-state index contributed by atoms with van der Waals surface area (Å²) < 4.78 is 18.8. The molecule has 16 heavy (non-hydrogen) atoms. The van der Waals surface area contributed by atoms with Crippen molar-refractivity contribution in [3.63, 3.8) is 0 Å². The number of esters is 1. The molecule has 2 atom stereocenters. The third-order valence-corrected chi connectivity index (χ3v) is 3.54. The molecule has 1 unspecified atom stereocenters. The second kappa shape index (κ2) is 7.21. The normalized spacial score (nSPS) is 13.8. The quantitative estimate of drug-likeness (QED) is 0.863. The third kappa shape index (κ3) is 4.01. The van der Waals surface area contributed by atoms with E-state index in [-0.39, 0.29) is 19.0 Å². The van der Waals surface area contributed by atoms with Gasteiger partial charge in [-0.25, -0.2) is 9.18 Å². The summed E-state index contributed by atoms with van der Waals surface area (Å²) in [6.07, 6.45) is -1.81. The zero-order valence-corrected chi connectivity index (χ0v) is 11.7. The van der Waals surface area contributed by atoms with Crippen LogP contribution in [-0.4, -0.2) is 18.7 Å². The number of thiophene rings is 1. The van der Waals surface area contributed by atoms with Crippen molar-refractivity contribution < 1.29 is 13.9 Å². The lowest BCUT2D eigenvalue weighted by atomic mass is 10.1. The number of ether oxygens (including phenoxy) is 1. The molecule has 0 aliphatic rings. The highest BCUT2D eigenvalue weighted by atomic mass is 79.9. The molecule has 0 spiro atoms. The fraction of sp³-hybridized carbons (Fsp3) is 0.444. The molecule has 1 aromatic heterocycles. The van der Waals surface area contributed by atoms with Crippen molar-refractivity contribution >= 4 is 45.6 Å². The molecule has 0 amide bonds. The van der Waals surface area contributed by atoms with Crippen molar-refractivity contribution in [1.82, 2.24) is 0 Å². The average molecular weight is 333 g/mol. The zero-order valence-electron chi connectivity index (χ0n) is 8.48. The first kappa shape index (κ1) is 15.8. The number of rotatable bonds is 4. The molecular weight excluding hydrogens is 321 g/mol. The average Bonchev–Trinajstić information content (AvgIpc) is 2.63. The minimum atomic E-state index is -1.81. The monoisotopic (exact) mass is 331 g/mol. The van der Waals surface area contributed by atoms with Gasteiger partial charge in [-0.05, 0) is 28.9 Å². The minimum Gasteiger partial charge on any atom is -0.464 e. The molecule has 0 bridgehead atoms. The molecule has 0 saturated heterocycles. The Balaban J connectivity index is 0.00000225. The van der Waals surface area contributed by atoms with Gasteiger partial charge in [-0.1, -0.05) is 0 Å². The van der Waals surface area contributed by atoms with E-state index in [1.165, 1.54) is 11.3 Å². The molecule has 2 N–H and O–H groups in total. The van der Waals surface area contributed by atoms with Crippen molar-refractivity contribution in [3.8, 4) is 0 Å². The Morgan fingerprint density at radius 1 is 1.75 bits per heavy atom. The summed E-state index contributed by atoms with van der Waals surface area (Å²) in [6.45, 7) is 1.78. The van der Waals surface area contributed by atoms with Crippen LogP contribution in [0.5, 0.6) is 0 Å². The summed E-state index contributed by atoms with van der Waals surface area (Å²) in [6, 6.07) is 0.738. The first-order valence-corrected chi connectivity index (χ1v) is 6.03. The highest BCUT2D eigenvalue weighted by Gasteiger charge is 2.28. The maximum Gasteiger partial charge on any atom is 0.342 e. The van der Waals surface area contributed by atoms with Crippen LogP contribution in [0.15, 0.2) is 15.9 Å². The van der Waals surface area contributed by atoms with Crippen LogP contribution in [0.4, 0.5) is 4.39 Å². The maximum absolute atomic E-state index is 13.5. The van der Waals surface area contributed by atoms with Gasteiger partial charge in [0.15, 0.2) is 0 Å². The first-order chi connectivity index (χ1) is 7.06. The SMILES string of the molecule is CCOC(=O)C(F)[C@H](N)c1cc(Br)cs1.Cl. The number of hydrogen-bond acceptors (Lipinski definition) is 4. The van der Waals surface area contributed by atoms with Gasteiger partial charge in [-0.2, -0.15) is 0 Å².